The molecule has 2 aromatic rings. The Kier molecular flexibility index (Phi) is 3.19. The van der Waals surface area contributed by atoms with Crippen molar-refractivity contribution in [3.05, 3.63) is 47.7 Å². The second-order valence-electron chi connectivity index (χ2n) is 5.82. The zero-order chi connectivity index (χ0) is 13.4. The maximum absolute atomic E-state index is 10.6. The van der Waals surface area contributed by atoms with Crippen LogP contribution in [-0.2, 0) is 0 Å². The standard InChI is InChI=1S/C17H20O2/c1-11-7-12(2)9-14(8-11)17(18)16-10-13-5-3-4-6-15(13)19-16/h3-7,10-11,14,17-18H,8-9H2,1-2H3. The van der Waals surface area contributed by atoms with Crippen molar-refractivity contribution in [1.82, 2.24) is 0 Å². The number of furan rings is 1. The van der Waals surface area contributed by atoms with E-state index in [2.05, 4.69) is 19.9 Å². The van der Waals surface area contributed by atoms with Crippen LogP contribution in [-0.4, -0.2) is 5.11 Å². The average Bonchev–Trinajstić information content (AvgIpc) is 2.80. The molecule has 2 heteroatoms. The van der Waals surface area contributed by atoms with Gasteiger partial charge in [-0.3, -0.25) is 0 Å². The van der Waals surface area contributed by atoms with E-state index >= 15 is 0 Å². The molecule has 0 saturated heterocycles. The molecule has 1 aliphatic carbocycles. The molecule has 0 fully saturated rings. The molecular weight excluding hydrogens is 236 g/mol. The highest BCUT2D eigenvalue weighted by atomic mass is 16.4. The Hall–Kier alpha value is -1.54. The van der Waals surface area contributed by atoms with E-state index in [1.165, 1.54) is 5.57 Å². The molecule has 3 atom stereocenters. The molecule has 1 aliphatic rings. The van der Waals surface area contributed by atoms with Gasteiger partial charge in [0.2, 0.25) is 0 Å². The first-order valence-corrected chi connectivity index (χ1v) is 6.97. The Morgan fingerprint density at radius 1 is 1.32 bits per heavy atom. The van der Waals surface area contributed by atoms with Gasteiger partial charge in [0.1, 0.15) is 17.4 Å². The monoisotopic (exact) mass is 256 g/mol. The average molecular weight is 256 g/mol. The largest absolute Gasteiger partial charge is 0.458 e. The van der Waals surface area contributed by atoms with Crippen molar-refractivity contribution in [2.45, 2.75) is 32.8 Å². The SMILES string of the molecule is CC1=CC(C)CC(C(O)c2cc3ccccc3o2)C1. The third-order valence-electron chi connectivity index (χ3n) is 4.01. The third-order valence-corrected chi connectivity index (χ3v) is 4.01. The minimum atomic E-state index is -0.501. The summed E-state index contributed by atoms with van der Waals surface area (Å²) in [6.45, 7) is 4.36. The van der Waals surface area contributed by atoms with Crippen molar-refractivity contribution in [2.24, 2.45) is 11.8 Å². The molecule has 0 saturated carbocycles. The lowest BCUT2D eigenvalue weighted by Crippen LogP contribution is -2.18. The van der Waals surface area contributed by atoms with Crippen LogP contribution in [0.15, 0.2) is 46.4 Å². The molecule has 100 valence electrons. The fourth-order valence-electron chi connectivity index (χ4n) is 3.22. The van der Waals surface area contributed by atoms with Crippen molar-refractivity contribution < 1.29 is 9.52 Å². The minimum absolute atomic E-state index is 0.264. The zero-order valence-corrected chi connectivity index (χ0v) is 11.5. The van der Waals surface area contributed by atoms with Crippen molar-refractivity contribution >= 4 is 11.0 Å². The van der Waals surface area contributed by atoms with Crippen LogP contribution in [0.1, 0.15) is 38.6 Å². The van der Waals surface area contributed by atoms with Gasteiger partial charge in [0.25, 0.3) is 0 Å². The molecule has 0 spiro atoms. The molecule has 1 aromatic heterocycles. The zero-order valence-electron chi connectivity index (χ0n) is 11.5. The lowest BCUT2D eigenvalue weighted by Gasteiger charge is -2.28. The van der Waals surface area contributed by atoms with E-state index in [9.17, 15) is 5.11 Å². The van der Waals surface area contributed by atoms with Crippen LogP contribution < -0.4 is 0 Å². The number of aliphatic hydroxyl groups is 1. The van der Waals surface area contributed by atoms with Gasteiger partial charge in [0.05, 0.1) is 0 Å². The Morgan fingerprint density at radius 2 is 2.11 bits per heavy atom. The number of allylic oxidation sites excluding steroid dienone is 2. The fourth-order valence-corrected chi connectivity index (χ4v) is 3.22. The van der Waals surface area contributed by atoms with Crippen molar-refractivity contribution in [3.63, 3.8) is 0 Å². The number of benzene rings is 1. The van der Waals surface area contributed by atoms with E-state index in [4.69, 9.17) is 4.42 Å². The summed E-state index contributed by atoms with van der Waals surface area (Å²) in [5, 5.41) is 11.6. The first kappa shape index (κ1) is 12.5. The number of fused-ring (bicyclic) bond motifs is 1. The van der Waals surface area contributed by atoms with Gasteiger partial charge in [-0.1, -0.05) is 36.8 Å². The van der Waals surface area contributed by atoms with Crippen LogP contribution in [0.25, 0.3) is 11.0 Å². The van der Waals surface area contributed by atoms with Gasteiger partial charge in [0, 0.05) is 5.39 Å². The molecule has 19 heavy (non-hydrogen) atoms. The van der Waals surface area contributed by atoms with Crippen LogP contribution in [0, 0.1) is 11.8 Å². The number of hydrogen-bond donors (Lipinski definition) is 1. The maximum atomic E-state index is 10.6. The van der Waals surface area contributed by atoms with Gasteiger partial charge in [-0.05, 0) is 43.7 Å². The van der Waals surface area contributed by atoms with E-state index < -0.39 is 6.10 Å². The summed E-state index contributed by atoms with van der Waals surface area (Å²) in [7, 11) is 0. The molecular formula is C17H20O2. The topological polar surface area (TPSA) is 33.4 Å². The van der Waals surface area contributed by atoms with Gasteiger partial charge in [-0.15, -0.1) is 0 Å². The van der Waals surface area contributed by atoms with Crippen molar-refractivity contribution in [1.29, 1.82) is 0 Å². The molecule has 3 rings (SSSR count). The van der Waals surface area contributed by atoms with E-state index in [0.29, 0.717) is 11.7 Å². The summed E-state index contributed by atoms with van der Waals surface area (Å²) in [6, 6.07) is 9.88. The van der Waals surface area contributed by atoms with Gasteiger partial charge >= 0.3 is 0 Å². The summed E-state index contributed by atoms with van der Waals surface area (Å²) >= 11 is 0. The van der Waals surface area contributed by atoms with Crippen molar-refractivity contribution in [2.75, 3.05) is 0 Å². The summed E-state index contributed by atoms with van der Waals surface area (Å²) in [5.41, 5.74) is 2.23. The lowest BCUT2D eigenvalue weighted by molar-refractivity contribution is 0.0743. The summed E-state index contributed by atoms with van der Waals surface area (Å²) in [5.74, 6) is 1.51. The molecule has 2 nitrogen and oxygen atoms in total. The smallest absolute Gasteiger partial charge is 0.134 e. The highest BCUT2D eigenvalue weighted by Gasteiger charge is 2.28. The van der Waals surface area contributed by atoms with E-state index in [1.54, 1.807) is 0 Å². The molecule has 0 radical (unpaired) electrons. The Labute approximate surface area is 113 Å². The molecule has 0 amide bonds. The molecule has 1 heterocycles. The first-order chi connectivity index (χ1) is 9.13. The second-order valence-corrected chi connectivity index (χ2v) is 5.82. The van der Waals surface area contributed by atoms with Crippen LogP contribution in [0.3, 0.4) is 0 Å². The number of hydrogen-bond acceptors (Lipinski definition) is 2. The van der Waals surface area contributed by atoms with E-state index in [-0.39, 0.29) is 5.92 Å². The maximum Gasteiger partial charge on any atom is 0.134 e. The van der Waals surface area contributed by atoms with Gasteiger partial charge in [0.15, 0.2) is 0 Å². The first-order valence-electron chi connectivity index (χ1n) is 6.97. The predicted octanol–water partition coefficient (Wildman–Crippen LogP) is 4.46. The molecule has 0 aliphatic heterocycles. The molecule has 0 bridgehead atoms. The van der Waals surface area contributed by atoms with Gasteiger partial charge < -0.3 is 9.52 Å². The Balaban J connectivity index is 1.87. The normalized spacial score (nSPS) is 25.3. The lowest BCUT2D eigenvalue weighted by atomic mass is 9.80. The third kappa shape index (κ3) is 2.45. The summed E-state index contributed by atoms with van der Waals surface area (Å²) in [4.78, 5) is 0. The summed E-state index contributed by atoms with van der Waals surface area (Å²) < 4.78 is 5.78. The highest BCUT2D eigenvalue weighted by Crippen LogP contribution is 2.38. The fraction of sp³-hybridized carbons (Fsp3) is 0.412. The van der Waals surface area contributed by atoms with Crippen LogP contribution in [0.5, 0.6) is 0 Å². The molecule has 1 aromatic carbocycles. The van der Waals surface area contributed by atoms with E-state index in [1.807, 2.05) is 30.3 Å². The Bertz CT molecular complexity index is 576. The highest BCUT2D eigenvalue weighted by molar-refractivity contribution is 5.77. The van der Waals surface area contributed by atoms with Crippen molar-refractivity contribution in [3.8, 4) is 0 Å². The van der Waals surface area contributed by atoms with Gasteiger partial charge in [-0.2, -0.15) is 0 Å². The second kappa shape index (κ2) is 4.86. The van der Waals surface area contributed by atoms with Gasteiger partial charge in [-0.25, -0.2) is 0 Å². The van der Waals surface area contributed by atoms with Crippen LogP contribution in [0.2, 0.25) is 0 Å². The predicted molar refractivity (Wildman–Crippen MR) is 76.8 cm³/mol. The quantitative estimate of drug-likeness (QED) is 0.805. The number of rotatable bonds is 2. The number of aliphatic hydroxyl groups excluding tert-OH is 1. The minimum Gasteiger partial charge on any atom is -0.458 e. The molecule has 1 N–H and O–H groups in total. The Morgan fingerprint density at radius 3 is 2.84 bits per heavy atom. The van der Waals surface area contributed by atoms with E-state index in [0.717, 1.165) is 23.8 Å². The van der Waals surface area contributed by atoms with Crippen LogP contribution >= 0.6 is 0 Å². The number of para-hydroxylation sites is 1. The van der Waals surface area contributed by atoms with Crippen LogP contribution in [0.4, 0.5) is 0 Å². The summed E-state index contributed by atoms with van der Waals surface area (Å²) in [6.07, 6.45) is 3.79. The molecule has 3 unspecified atom stereocenters.